The molecular formula is C15H18N2O2. The van der Waals surface area contributed by atoms with Crippen LogP contribution in [-0.4, -0.2) is 32.4 Å². The molecule has 0 saturated heterocycles. The van der Waals surface area contributed by atoms with Gasteiger partial charge in [-0.05, 0) is 55.9 Å². The topological polar surface area (TPSA) is 66.2 Å². The molecule has 4 nitrogen and oxygen atoms in total. The quantitative estimate of drug-likeness (QED) is 0.879. The van der Waals surface area contributed by atoms with Crippen LogP contribution in [-0.2, 0) is 6.42 Å². The van der Waals surface area contributed by atoms with Gasteiger partial charge in [-0.15, -0.1) is 0 Å². The number of rotatable bonds is 3. The van der Waals surface area contributed by atoms with E-state index in [1.54, 1.807) is 6.20 Å². The van der Waals surface area contributed by atoms with Crippen molar-refractivity contribution in [3.05, 3.63) is 36.2 Å². The van der Waals surface area contributed by atoms with Gasteiger partial charge in [0.15, 0.2) is 5.65 Å². The van der Waals surface area contributed by atoms with Gasteiger partial charge in [-0.3, -0.25) is 0 Å². The molecule has 1 aliphatic carbocycles. The predicted molar refractivity (Wildman–Crippen MR) is 72.6 cm³/mol. The van der Waals surface area contributed by atoms with E-state index in [0.29, 0.717) is 6.42 Å². The number of pyridine rings is 2. The minimum absolute atomic E-state index is 0.191. The summed E-state index contributed by atoms with van der Waals surface area (Å²) >= 11 is 0. The number of aryl methyl sites for hydroxylation is 1. The lowest BCUT2D eigenvalue weighted by molar-refractivity contribution is 0.0188. The molecule has 0 spiro atoms. The highest BCUT2D eigenvalue weighted by Crippen LogP contribution is 2.29. The van der Waals surface area contributed by atoms with E-state index in [0.717, 1.165) is 36.0 Å². The highest BCUT2D eigenvalue weighted by Gasteiger charge is 2.32. The zero-order valence-electron chi connectivity index (χ0n) is 10.7. The molecule has 3 rings (SSSR count). The van der Waals surface area contributed by atoms with Gasteiger partial charge in [-0.25, -0.2) is 9.97 Å². The molecule has 0 unspecified atom stereocenters. The molecule has 0 bridgehead atoms. The molecule has 0 amide bonds. The lowest BCUT2D eigenvalue weighted by atomic mass is 9.98. The van der Waals surface area contributed by atoms with E-state index in [4.69, 9.17) is 0 Å². The molecule has 1 fully saturated rings. The van der Waals surface area contributed by atoms with Crippen molar-refractivity contribution in [1.29, 1.82) is 0 Å². The molecule has 19 heavy (non-hydrogen) atoms. The van der Waals surface area contributed by atoms with E-state index < -0.39 is 12.2 Å². The monoisotopic (exact) mass is 258 g/mol. The van der Waals surface area contributed by atoms with Crippen LogP contribution in [0.15, 0.2) is 30.5 Å². The summed E-state index contributed by atoms with van der Waals surface area (Å²) in [6.45, 7) is 0. The van der Waals surface area contributed by atoms with E-state index >= 15 is 0 Å². The second-order valence-corrected chi connectivity index (χ2v) is 5.29. The molecule has 0 aromatic carbocycles. The third-order valence-corrected chi connectivity index (χ3v) is 4.00. The van der Waals surface area contributed by atoms with E-state index in [9.17, 15) is 10.2 Å². The summed E-state index contributed by atoms with van der Waals surface area (Å²) in [4.78, 5) is 8.77. The molecule has 1 aliphatic rings. The van der Waals surface area contributed by atoms with Crippen LogP contribution in [0.3, 0.4) is 0 Å². The van der Waals surface area contributed by atoms with Crippen LogP contribution in [0.4, 0.5) is 0 Å². The zero-order valence-corrected chi connectivity index (χ0v) is 10.7. The second kappa shape index (κ2) is 5.23. The Hall–Kier alpha value is -1.52. The summed E-state index contributed by atoms with van der Waals surface area (Å²) in [6, 6.07) is 7.95. The highest BCUT2D eigenvalue weighted by atomic mass is 16.3. The molecular weight excluding hydrogens is 240 g/mol. The molecule has 0 aliphatic heterocycles. The molecule has 2 heterocycles. The third kappa shape index (κ3) is 2.60. The minimum Gasteiger partial charge on any atom is -0.390 e. The largest absolute Gasteiger partial charge is 0.390 e. The summed E-state index contributed by atoms with van der Waals surface area (Å²) in [5, 5.41) is 20.4. The van der Waals surface area contributed by atoms with Crippen LogP contribution in [0, 0.1) is 5.92 Å². The SMILES string of the molecule is O[C@@H]1[C@@H](CCc2ccc3cccnc3n2)CC[C@@H]1O. The summed E-state index contributed by atoms with van der Waals surface area (Å²) in [5.74, 6) is 0.191. The Balaban J connectivity index is 1.68. The van der Waals surface area contributed by atoms with Crippen LogP contribution in [0.25, 0.3) is 11.0 Å². The van der Waals surface area contributed by atoms with Crippen LogP contribution in [0.5, 0.6) is 0 Å². The van der Waals surface area contributed by atoms with Crippen molar-refractivity contribution >= 4 is 11.0 Å². The van der Waals surface area contributed by atoms with E-state index in [1.807, 2.05) is 24.3 Å². The number of aliphatic hydroxyl groups excluding tert-OH is 2. The molecule has 2 N–H and O–H groups in total. The maximum Gasteiger partial charge on any atom is 0.159 e. The Morgan fingerprint density at radius 1 is 1.16 bits per heavy atom. The van der Waals surface area contributed by atoms with Crippen molar-refractivity contribution in [2.24, 2.45) is 5.92 Å². The maximum absolute atomic E-state index is 9.82. The van der Waals surface area contributed by atoms with Crippen molar-refractivity contribution in [2.45, 2.75) is 37.9 Å². The van der Waals surface area contributed by atoms with Gasteiger partial charge in [0.25, 0.3) is 0 Å². The third-order valence-electron chi connectivity index (χ3n) is 4.00. The first-order chi connectivity index (χ1) is 9.24. The first kappa shape index (κ1) is 12.5. The van der Waals surface area contributed by atoms with Gasteiger partial charge in [0.1, 0.15) is 0 Å². The standard InChI is InChI=1S/C15H18N2O2/c18-13-8-5-10(14(13)19)3-6-12-7-4-11-2-1-9-16-15(11)17-12/h1-2,4,7,9-10,13-14,18-19H,3,5-6,8H2/t10-,13-,14+/m0/s1. The van der Waals surface area contributed by atoms with Gasteiger partial charge in [0.2, 0.25) is 0 Å². The Labute approximate surface area is 112 Å². The molecule has 2 aromatic rings. The van der Waals surface area contributed by atoms with Gasteiger partial charge in [-0.1, -0.05) is 0 Å². The maximum atomic E-state index is 9.82. The Morgan fingerprint density at radius 3 is 2.84 bits per heavy atom. The number of aliphatic hydroxyl groups is 2. The molecule has 1 saturated carbocycles. The van der Waals surface area contributed by atoms with Gasteiger partial charge >= 0.3 is 0 Å². The Kier molecular flexibility index (Phi) is 3.44. The highest BCUT2D eigenvalue weighted by molar-refractivity contribution is 5.74. The fourth-order valence-electron chi connectivity index (χ4n) is 2.82. The van der Waals surface area contributed by atoms with Crippen molar-refractivity contribution < 1.29 is 10.2 Å². The summed E-state index contributed by atoms with van der Waals surface area (Å²) in [6.07, 6.45) is 3.92. The molecule has 0 radical (unpaired) electrons. The van der Waals surface area contributed by atoms with Gasteiger partial charge in [0.05, 0.1) is 12.2 Å². The number of hydrogen-bond donors (Lipinski definition) is 2. The average Bonchev–Trinajstić information content (AvgIpc) is 2.76. The van der Waals surface area contributed by atoms with Crippen molar-refractivity contribution in [3.8, 4) is 0 Å². The van der Waals surface area contributed by atoms with Crippen LogP contribution in [0.1, 0.15) is 25.0 Å². The fourth-order valence-corrected chi connectivity index (χ4v) is 2.82. The molecule has 100 valence electrons. The van der Waals surface area contributed by atoms with Crippen molar-refractivity contribution in [3.63, 3.8) is 0 Å². The molecule has 4 heteroatoms. The van der Waals surface area contributed by atoms with E-state index in [-0.39, 0.29) is 5.92 Å². The van der Waals surface area contributed by atoms with E-state index in [1.165, 1.54) is 0 Å². The van der Waals surface area contributed by atoms with Crippen LogP contribution in [0.2, 0.25) is 0 Å². The van der Waals surface area contributed by atoms with Gasteiger partial charge < -0.3 is 10.2 Å². The molecule has 2 aromatic heterocycles. The number of fused-ring (bicyclic) bond motifs is 1. The molecule has 3 atom stereocenters. The van der Waals surface area contributed by atoms with Crippen LogP contribution < -0.4 is 0 Å². The Morgan fingerprint density at radius 2 is 2.05 bits per heavy atom. The lowest BCUT2D eigenvalue weighted by Crippen LogP contribution is -2.25. The van der Waals surface area contributed by atoms with Gasteiger partial charge in [0, 0.05) is 17.3 Å². The van der Waals surface area contributed by atoms with Crippen molar-refractivity contribution in [2.75, 3.05) is 0 Å². The first-order valence-corrected chi connectivity index (χ1v) is 6.81. The minimum atomic E-state index is -0.571. The van der Waals surface area contributed by atoms with Crippen molar-refractivity contribution in [1.82, 2.24) is 9.97 Å². The fraction of sp³-hybridized carbons (Fsp3) is 0.467. The number of aromatic nitrogens is 2. The van der Waals surface area contributed by atoms with E-state index in [2.05, 4.69) is 9.97 Å². The second-order valence-electron chi connectivity index (χ2n) is 5.29. The zero-order chi connectivity index (χ0) is 13.2. The summed E-state index contributed by atoms with van der Waals surface area (Å²) < 4.78 is 0. The summed E-state index contributed by atoms with van der Waals surface area (Å²) in [5.41, 5.74) is 1.77. The van der Waals surface area contributed by atoms with Gasteiger partial charge in [-0.2, -0.15) is 0 Å². The summed E-state index contributed by atoms with van der Waals surface area (Å²) in [7, 11) is 0. The smallest absolute Gasteiger partial charge is 0.159 e. The lowest BCUT2D eigenvalue weighted by Gasteiger charge is -2.15. The predicted octanol–water partition coefficient (Wildman–Crippen LogP) is 1.69. The number of hydrogen-bond acceptors (Lipinski definition) is 4. The first-order valence-electron chi connectivity index (χ1n) is 6.81. The number of nitrogens with zero attached hydrogens (tertiary/aromatic N) is 2. The van der Waals surface area contributed by atoms with Crippen LogP contribution >= 0.6 is 0 Å². The average molecular weight is 258 g/mol. The Bertz CT molecular complexity index is 573. The normalized spacial score (nSPS) is 26.9.